The van der Waals surface area contributed by atoms with Crippen molar-refractivity contribution in [3.05, 3.63) is 53.7 Å². The molecule has 0 aliphatic carbocycles. The second-order valence-corrected chi connectivity index (χ2v) is 6.15. The van der Waals surface area contributed by atoms with E-state index < -0.39 is 17.4 Å². The Hall–Kier alpha value is -2.83. The van der Waals surface area contributed by atoms with E-state index in [4.69, 9.17) is 9.15 Å². The molecular weight excluding hydrogens is 329 g/mol. The van der Waals surface area contributed by atoms with Gasteiger partial charge in [0.05, 0.1) is 0 Å². The molecule has 1 N–H and O–H groups in total. The van der Waals surface area contributed by atoms with Crippen LogP contribution in [0.5, 0.6) is 5.75 Å². The third kappa shape index (κ3) is 3.35. The summed E-state index contributed by atoms with van der Waals surface area (Å²) in [5.41, 5.74) is -1.21. The van der Waals surface area contributed by atoms with Crippen LogP contribution >= 0.6 is 0 Å². The SMILES string of the molecule is CC1(C(=O)O)CCCN1C(=O)c1ccc(COc2ccc(F)cc2)o1. The van der Waals surface area contributed by atoms with Gasteiger partial charge in [0.2, 0.25) is 0 Å². The van der Waals surface area contributed by atoms with Crippen LogP contribution in [0.1, 0.15) is 36.1 Å². The van der Waals surface area contributed by atoms with Gasteiger partial charge in [0.25, 0.3) is 5.91 Å². The molecule has 2 aromatic rings. The van der Waals surface area contributed by atoms with Crippen LogP contribution in [0.3, 0.4) is 0 Å². The minimum absolute atomic E-state index is 0.0760. The van der Waals surface area contributed by atoms with Crippen molar-refractivity contribution in [1.82, 2.24) is 4.90 Å². The number of amides is 1. The van der Waals surface area contributed by atoms with Crippen LogP contribution in [0, 0.1) is 5.82 Å². The van der Waals surface area contributed by atoms with Crippen molar-refractivity contribution in [1.29, 1.82) is 0 Å². The van der Waals surface area contributed by atoms with E-state index in [0.717, 1.165) is 0 Å². The summed E-state index contributed by atoms with van der Waals surface area (Å²) >= 11 is 0. The molecule has 1 unspecified atom stereocenters. The molecule has 0 spiro atoms. The van der Waals surface area contributed by atoms with E-state index in [1.54, 1.807) is 13.0 Å². The number of carbonyl (C=O) groups is 2. The number of halogens is 1. The molecule has 1 amide bonds. The Morgan fingerprint density at radius 2 is 2.00 bits per heavy atom. The standard InChI is InChI=1S/C18H18FNO5/c1-18(17(22)23)9-2-10-20(18)16(21)15-8-7-14(25-15)11-24-13-5-3-12(19)4-6-13/h3-8H,2,9-11H2,1H3,(H,22,23). The Balaban J connectivity index is 1.67. The van der Waals surface area contributed by atoms with Crippen LogP contribution in [-0.4, -0.2) is 34.0 Å². The van der Waals surface area contributed by atoms with E-state index in [1.165, 1.54) is 35.2 Å². The number of aliphatic carboxylic acids is 1. The Labute approximate surface area is 143 Å². The molecule has 25 heavy (non-hydrogen) atoms. The van der Waals surface area contributed by atoms with Crippen LogP contribution in [0.25, 0.3) is 0 Å². The zero-order valence-corrected chi connectivity index (χ0v) is 13.7. The summed E-state index contributed by atoms with van der Waals surface area (Å²) in [5.74, 6) is -0.856. The molecule has 7 heteroatoms. The summed E-state index contributed by atoms with van der Waals surface area (Å²) in [6, 6.07) is 8.66. The molecular formula is C18H18FNO5. The number of nitrogens with zero attached hydrogens (tertiary/aromatic N) is 1. The molecule has 3 rings (SSSR count). The summed E-state index contributed by atoms with van der Waals surface area (Å²) in [4.78, 5) is 25.4. The van der Waals surface area contributed by atoms with Gasteiger partial charge < -0.3 is 19.2 Å². The van der Waals surface area contributed by atoms with Crippen molar-refractivity contribution >= 4 is 11.9 Å². The van der Waals surface area contributed by atoms with Crippen LogP contribution in [-0.2, 0) is 11.4 Å². The summed E-state index contributed by atoms with van der Waals surface area (Å²) in [5, 5.41) is 9.40. The van der Waals surface area contributed by atoms with E-state index in [-0.39, 0.29) is 18.2 Å². The molecule has 0 bridgehead atoms. The molecule has 132 valence electrons. The maximum atomic E-state index is 12.9. The number of furan rings is 1. The van der Waals surface area contributed by atoms with E-state index in [1.807, 2.05) is 0 Å². The molecule has 1 saturated heterocycles. The van der Waals surface area contributed by atoms with Gasteiger partial charge in [-0.2, -0.15) is 0 Å². The zero-order chi connectivity index (χ0) is 18.0. The first-order valence-corrected chi connectivity index (χ1v) is 7.92. The molecule has 0 radical (unpaired) electrons. The zero-order valence-electron chi connectivity index (χ0n) is 13.7. The summed E-state index contributed by atoms with van der Waals surface area (Å²) in [6.45, 7) is 2.00. The van der Waals surface area contributed by atoms with Crippen LogP contribution < -0.4 is 4.74 Å². The average molecular weight is 347 g/mol. The Morgan fingerprint density at radius 1 is 1.28 bits per heavy atom. The highest BCUT2D eigenvalue weighted by Crippen LogP contribution is 2.31. The smallest absolute Gasteiger partial charge is 0.329 e. The Kier molecular flexibility index (Phi) is 4.48. The number of hydrogen-bond donors (Lipinski definition) is 1. The van der Waals surface area contributed by atoms with Crippen molar-refractivity contribution < 1.29 is 28.2 Å². The van der Waals surface area contributed by atoms with E-state index >= 15 is 0 Å². The van der Waals surface area contributed by atoms with Gasteiger partial charge in [0, 0.05) is 6.54 Å². The highest BCUT2D eigenvalue weighted by molar-refractivity contribution is 5.96. The summed E-state index contributed by atoms with van der Waals surface area (Å²) in [6.07, 6.45) is 1.05. The Bertz CT molecular complexity index is 785. The van der Waals surface area contributed by atoms with E-state index in [0.29, 0.717) is 30.9 Å². The quantitative estimate of drug-likeness (QED) is 0.899. The lowest BCUT2D eigenvalue weighted by molar-refractivity contribution is -0.147. The largest absolute Gasteiger partial charge is 0.486 e. The minimum atomic E-state index is -1.21. The predicted octanol–water partition coefficient (Wildman–Crippen LogP) is 3.08. The first-order chi connectivity index (χ1) is 11.9. The van der Waals surface area contributed by atoms with Crippen molar-refractivity contribution in [2.45, 2.75) is 31.9 Å². The topological polar surface area (TPSA) is 80.0 Å². The van der Waals surface area contributed by atoms with Gasteiger partial charge in [-0.1, -0.05) is 0 Å². The molecule has 1 atom stereocenters. The summed E-state index contributed by atoms with van der Waals surface area (Å²) in [7, 11) is 0. The maximum Gasteiger partial charge on any atom is 0.329 e. The Morgan fingerprint density at radius 3 is 2.68 bits per heavy atom. The predicted molar refractivity (Wildman–Crippen MR) is 85.8 cm³/mol. The fourth-order valence-corrected chi connectivity index (χ4v) is 2.90. The van der Waals surface area contributed by atoms with E-state index in [2.05, 4.69) is 0 Å². The molecule has 6 nitrogen and oxygen atoms in total. The van der Waals surface area contributed by atoms with Crippen LogP contribution in [0.4, 0.5) is 4.39 Å². The number of carboxylic acids is 1. The van der Waals surface area contributed by atoms with Crippen molar-refractivity contribution in [3.8, 4) is 5.75 Å². The second kappa shape index (κ2) is 6.58. The lowest BCUT2D eigenvalue weighted by Crippen LogP contribution is -2.50. The molecule has 2 heterocycles. The fourth-order valence-electron chi connectivity index (χ4n) is 2.90. The number of benzene rings is 1. The molecule has 1 aliphatic heterocycles. The average Bonchev–Trinajstić information content (AvgIpc) is 3.21. The van der Waals surface area contributed by atoms with E-state index in [9.17, 15) is 19.1 Å². The van der Waals surface area contributed by atoms with Gasteiger partial charge in [-0.25, -0.2) is 9.18 Å². The molecule has 1 aromatic carbocycles. The van der Waals surface area contributed by atoms with Gasteiger partial charge in [-0.3, -0.25) is 4.79 Å². The number of hydrogen-bond acceptors (Lipinski definition) is 4. The monoisotopic (exact) mass is 347 g/mol. The van der Waals surface area contributed by atoms with Gasteiger partial charge in [-0.15, -0.1) is 0 Å². The molecule has 1 aromatic heterocycles. The second-order valence-electron chi connectivity index (χ2n) is 6.15. The van der Waals surface area contributed by atoms with Gasteiger partial charge in [-0.05, 0) is 56.2 Å². The third-order valence-corrected chi connectivity index (χ3v) is 4.41. The highest BCUT2D eigenvalue weighted by Gasteiger charge is 2.46. The molecule has 1 fully saturated rings. The number of carbonyl (C=O) groups excluding carboxylic acids is 1. The highest BCUT2D eigenvalue weighted by atomic mass is 19.1. The summed E-state index contributed by atoms with van der Waals surface area (Å²) < 4.78 is 23.8. The number of likely N-dealkylation sites (tertiary alicyclic amines) is 1. The molecule has 0 saturated carbocycles. The van der Waals surface area contributed by atoms with Crippen LogP contribution in [0.2, 0.25) is 0 Å². The lowest BCUT2D eigenvalue weighted by Gasteiger charge is -2.30. The van der Waals surface area contributed by atoms with Gasteiger partial charge >= 0.3 is 5.97 Å². The van der Waals surface area contributed by atoms with Gasteiger partial charge in [0.15, 0.2) is 5.76 Å². The van der Waals surface area contributed by atoms with Gasteiger partial charge in [0.1, 0.15) is 29.5 Å². The number of rotatable bonds is 5. The lowest BCUT2D eigenvalue weighted by atomic mass is 9.99. The third-order valence-electron chi connectivity index (χ3n) is 4.41. The van der Waals surface area contributed by atoms with Crippen molar-refractivity contribution in [2.75, 3.05) is 6.54 Å². The maximum absolute atomic E-state index is 12.9. The molecule has 1 aliphatic rings. The normalized spacial score (nSPS) is 19.8. The van der Waals surface area contributed by atoms with Crippen molar-refractivity contribution in [2.24, 2.45) is 0 Å². The first-order valence-electron chi connectivity index (χ1n) is 7.92. The fraction of sp³-hybridized carbons (Fsp3) is 0.333. The van der Waals surface area contributed by atoms with Crippen molar-refractivity contribution in [3.63, 3.8) is 0 Å². The van der Waals surface area contributed by atoms with Crippen LogP contribution in [0.15, 0.2) is 40.8 Å². The number of carboxylic acid groups (broad SMARTS) is 1. The minimum Gasteiger partial charge on any atom is -0.486 e. The number of ether oxygens (including phenoxy) is 1. The first kappa shape index (κ1) is 17.0.